The molecule has 1 fully saturated rings. The number of hydrogen-bond donors (Lipinski definition) is 1. The fourth-order valence-corrected chi connectivity index (χ4v) is 2.17. The van der Waals surface area contributed by atoms with Gasteiger partial charge in [-0.2, -0.15) is 0 Å². The Labute approximate surface area is 84.1 Å². The summed E-state index contributed by atoms with van der Waals surface area (Å²) in [5.41, 5.74) is 1.24. The van der Waals surface area contributed by atoms with Crippen LogP contribution < -0.4 is 5.32 Å². The second kappa shape index (κ2) is 3.69. The highest BCUT2D eigenvalue weighted by molar-refractivity contribution is 6.31. The van der Waals surface area contributed by atoms with Gasteiger partial charge in [0.05, 0.1) is 0 Å². The quantitative estimate of drug-likeness (QED) is 0.727. The van der Waals surface area contributed by atoms with Gasteiger partial charge in [0, 0.05) is 11.1 Å². The van der Waals surface area contributed by atoms with Crippen LogP contribution in [0.1, 0.15) is 24.9 Å². The van der Waals surface area contributed by atoms with Crippen molar-refractivity contribution in [2.75, 3.05) is 6.54 Å². The highest BCUT2D eigenvalue weighted by Gasteiger charge is 2.23. The van der Waals surface area contributed by atoms with Crippen molar-refractivity contribution in [2.24, 2.45) is 5.92 Å². The van der Waals surface area contributed by atoms with Gasteiger partial charge in [-0.3, -0.25) is 0 Å². The van der Waals surface area contributed by atoms with Crippen LogP contribution >= 0.6 is 11.6 Å². The zero-order chi connectivity index (χ0) is 9.26. The van der Waals surface area contributed by atoms with Gasteiger partial charge in [-0.1, -0.05) is 36.7 Å². The predicted octanol–water partition coefficient (Wildman–Crippen LogP) is 3.01. The number of nitrogens with one attached hydrogen (secondary N) is 1. The molecule has 2 rings (SSSR count). The van der Waals surface area contributed by atoms with Gasteiger partial charge in [-0.05, 0) is 30.5 Å². The third-order valence-corrected chi connectivity index (χ3v) is 2.98. The van der Waals surface area contributed by atoms with Crippen LogP contribution in [0.3, 0.4) is 0 Å². The molecule has 1 N–H and O–H groups in total. The lowest BCUT2D eigenvalue weighted by Gasteiger charge is -2.11. The van der Waals surface area contributed by atoms with Crippen molar-refractivity contribution < 1.29 is 0 Å². The SMILES string of the molecule is C[C@H]1CN[C@@H](c2ccccc2Cl)C1. The summed E-state index contributed by atoms with van der Waals surface area (Å²) in [5, 5.41) is 4.36. The first-order chi connectivity index (χ1) is 6.27. The summed E-state index contributed by atoms with van der Waals surface area (Å²) in [6, 6.07) is 8.55. The van der Waals surface area contributed by atoms with E-state index in [2.05, 4.69) is 18.3 Å². The van der Waals surface area contributed by atoms with Crippen LogP contribution in [0, 0.1) is 5.92 Å². The molecule has 0 unspecified atom stereocenters. The molecular formula is C11H14ClN. The molecule has 70 valence electrons. The Balaban J connectivity index is 2.21. The topological polar surface area (TPSA) is 12.0 Å². The van der Waals surface area contributed by atoms with E-state index in [0.717, 1.165) is 17.5 Å². The zero-order valence-electron chi connectivity index (χ0n) is 7.76. The van der Waals surface area contributed by atoms with Gasteiger partial charge < -0.3 is 5.32 Å². The molecule has 0 radical (unpaired) electrons. The number of rotatable bonds is 1. The summed E-state index contributed by atoms with van der Waals surface area (Å²) in [6.45, 7) is 3.37. The van der Waals surface area contributed by atoms with Gasteiger partial charge in [0.1, 0.15) is 0 Å². The Morgan fingerprint density at radius 3 is 2.77 bits per heavy atom. The van der Waals surface area contributed by atoms with E-state index in [0.29, 0.717) is 6.04 Å². The Bertz CT molecular complexity index is 298. The van der Waals surface area contributed by atoms with Crippen LogP contribution in [-0.4, -0.2) is 6.54 Å². The second-order valence-corrected chi connectivity index (χ2v) is 4.23. The van der Waals surface area contributed by atoms with Crippen LogP contribution in [0.4, 0.5) is 0 Å². The average Bonchev–Trinajstić information content (AvgIpc) is 2.53. The molecule has 0 saturated carbocycles. The van der Waals surface area contributed by atoms with Crippen molar-refractivity contribution in [1.82, 2.24) is 5.32 Å². The van der Waals surface area contributed by atoms with E-state index in [9.17, 15) is 0 Å². The molecule has 0 bridgehead atoms. The first kappa shape index (κ1) is 9.04. The minimum Gasteiger partial charge on any atom is -0.310 e. The third kappa shape index (κ3) is 1.87. The maximum Gasteiger partial charge on any atom is 0.0453 e. The fourth-order valence-electron chi connectivity index (χ4n) is 1.91. The standard InChI is InChI=1S/C11H14ClN/c1-8-6-11(13-7-8)9-4-2-3-5-10(9)12/h2-5,8,11,13H,6-7H2,1H3/t8-,11-/m1/s1. The zero-order valence-corrected chi connectivity index (χ0v) is 8.51. The second-order valence-electron chi connectivity index (χ2n) is 3.82. The highest BCUT2D eigenvalue weighted by Crippen LogP contribution is 2.30. The van der Waals surface area contributed by atoms with Crippen molar-refractivity contribution in [3.63, 3.8) is 0 Å². The Morgan fingerprint density at radius 2 is 2.15 bits per heavy atom. The first-order valence-electron chi connectivity index (χ1n) is 4.75. The van der Waals surface area contributed by atoms with Crippen molar-refractivity contribution in [3.05, 3.63) is 34.9 Å². The molecule has 0 amide bonds. The third-order valence-electron chi connectivity index (χ3n) is 2.63. The van der Waals surface area contributed by atoms with Gasteiger partial charge >= 0.3 is 0 Å². The molecule has 0 spiro atoms. The minimum atomic E-state index is 0.462. The lowest BCUT2D eigenvalue weighted by atomic mass is 10.0. The molecule has 1 aromatic rings. The molecular weight excluding hydrogens is 182 g/mol. The Hall–Kier alpha value is -0.530. The van der Waals surface area contributed by atoms with E-state index in [-0.39, 0.29) is 0 Å². The number of benzene rings is 1. The maximum absolute atomic E-state index is 6.11. The van der Waals surface area contributed by atoms with Gasteiger partial charge in [-0.15, -0.1) is 0 Å². The summed E-state index contributed by atoms with van der Waals surface area (Å²) in [4.78, 5) is 0. The van der Waals surface area contributed by atoms with E-state index in [1.54, 1.807) is 0 Å². The smallest absolute Gasteiger partial charge is 0.0453 e. The largest absolute Gasteiger partial charge is 0.310 e. The molecule has 13 heavy (non-hydrogen) atoms. The summed E-state index contributed by atoms with van der Waals surface area (Å²) in [6.07, 6.45) is 1.20. The maximum atomic E-state index is 6.11. The van der Waals surface area contributed by atoms with Crippen molar-refractivity contribution in [1.29, 1.82) is 0 Å². The molecule has 1 saturated heterocycles. The van der Waals surface area contributed by atoms with Crippen molar-refractivity contribution in [2.45, 2.75) is 19.4 Å². The molecule has 1 heterocycles. The molecule has 1 aliphatic rings. The Morgan fingerprint density at radius 1 is 1.38 bits per heavy atom. The van der Waals surface area contributed by atoms with E-state index in [1.165, 1.54) is 12.0 Å². The highest BCUT2D eigenvalue weighted by atomic mass is 35.5. The predicted molar refractivity (Wildman–Crippen MR) is 56.0 cm³/mol. The van der Waals surface area contributed by atoms with Crippen molar-refractivity contribution in [3.8, 4) is 0 Å². The van der Waals surface area contributed by atoms with Crippen molar-refractivity contribution >= 4 is 11.6 Å². The van der Waals surface area contributed by atoms with Crippen LogP contribution in [-0.2, 0) is 0 Å². The van der Waals surface area contributed by atoms with Crippen LogP contribution in [0.5, 0.6) is 0 Å². The van der Waals surface area contributed by atoms with Gasteiger partial charge in [0.2, 0.25) is 0 Å². The molecule has 1 nitrogen and oxygen atoms in total. The molecule has 2 heteroatoms. The summed E-state index contributed by atoms with van der Waals surface area (Å²) in [7, 11) is 0. The van der Waals surface area contributed by atoms with E-state index in [1.807, 2.05) is 18.2 Å². The first-order valence-corrected chi connectivity index (χ1v) is 5.13. The van der Waals surface area contributed by atoms with Gasteiger partial charge in [-0.25, -0.2) is 0 Å². The van der Waals surface area contributed by atoms with Crippen LogP contribution in [0.15, 0.2) is 24.3 Å². The van der Waals surface area contributed by atoms with E-state index >= 15 is 0 Å². The molecule has 2 atom stereocenters. The molecule has 0 aliphatic carbocycles. The lowest BCUT2D eigenvalue weighted by Crippen LogP contribution is -2.13. The van der Waals surface area contributed by atoms with Crippen LogP contribution in [0.2, 0.25) is 5.02 Å². The number of halogens is 1. The summed E-state index contributed by atoms with van der Waals surface area (Å²) >= 11 is 6.11. The fraction of sp³-hybridized carbons (Fsp3) is 0.455. The lowest BCUT2D eigenvalue weighted by molar-refractivity contribution is 0.612. The molecule has 1 aromatic carbocycles. The van der Waals surface area contributed by atoms with E-state index < -0.39 is 0 Å². The minimum absolute atomic E-state index is 0.462. The number of hydrogen-bond acceptors (Lipinski definition) is 1. The van der Waals surface area contributed by atoms with E-state index in [4.69, 9.17) is 11.6 Å². The average molecular weight is 196 g/mol. The van der Waals surface area contributed by atoms with Crippen LogP contribution in [0.25, 0.3) is 0 Å². The normalized spacial score (nSPS) is 27.8. The summed E-state index contributed by atoms with van der Waals surface area (Å²) in [5.74, 6) is 0.765. The molecule has 1 aliphatic heterocycles. The monoisotopic (exact) mass is 195 g/mol. The Kier molecular flexibility index (Phi) is 2.56. The van der Waals surface area contributed by atoms with Gasteiger partial charge in [0.15, 0.2) is 0 Å². The summed E-state index contributed by atoms with van der Waals surface area (Å²) < 4.78 is 0. The van der Waals surface area contributed by atoms with Gasteiger partial charge in [0.25, 0.3) is 0 Å². The molecule has 0 aromatic heterocycles.